The van der Waals surface area contributed by atoms with Crippen LogP contribution in [0.2, 0.25) is 0 Å². The molecule has 3 aromatic rings. The lowest BCUT2D eigenvalue weighted by molar-refractivity contribution is 0.102. The number of amides is 1. The molecule has 0 aromatic heterocycles. The van der Waals surface area contributed by atoms with Crippen molar-refractivity contribution in [3.8, 4) is 11.5 Å². The number of ether oxygens (including phenoxy) is 1. The fourth-order valence-corrected chi connectivity index (χ4v) is 3.40. The van der Waals surface area contributed by atoms with Crippen LogP contribution in [0.5, 0.6) is 11.5 Å². The van der Waals surface area contributed by atoms with E-state index in [0.717, 1.165) is 5.56 Å². The Balaban J connectivity index is 1.88. The highest BCUT2D eigenvalue weighted by atomic mass is 79.9. The summed E-state index contributed by atoms with van der Waals surface area (Å²) in [6.07, 6.45) is 0. The molecule has 6 nitrogen and oxygen atoms in total. The van der Waals surface area contributed by atoms with Gasteiger partial charge in [0, 0.05) is 4.47 Å². The molecule has 0 radical (unpaired) electrons. The summed E-state index contributed by atoms with van der Waals surface area (Å²) < 4.78 is 29.4. The number of rotatable bonds is 5. The average Bonchev–Trinajstić information content (AvgIpc) is 2.64. The third-order valence-electron chi connectivity index (χ3n) is 3.90. The predicted molar refractivity (Wildman–Crippen MR) is 111 cm³/mol. The van der Waals surface area contributed by atoms with Crippen LogP contribution in [-0.4, -0.2) is 14.3 Å². The van der Waals surface area contributed by atoms with Crippen molar-refractivity contribution in [3.05, 3.63) is 82.3 Å². The largest absolute Gasteiger partial charge is 0.455 e. The van der Waals surface area contributed by atoms with Gasteiger partial charge in [0.05, 0.1) is 16.1 Å². The van der Waals surface area contributed by atoms with Crippen LogP contribution < -0.4 is 15.2 Å². The first-order chi connectivity index (χ1) is 13.2. The molecular weight excluding hydrogens is 444 g/mol. The first-order valence-corrected chi connectivity index (χ1v) is 10.6. The van der Waals surface area contributed by atoms with Crippen LogP contribution in [0.3, 0.4) is 0 Å². The molecule has 0 saturated carbocycles. The summed E-state index contributed by atoms with van der Waals surface area (Å²) in [5, 5.41) is 7.90. The molecule has 0 atom stereocenters. The molecule has 0 aliphatic rings. The summed E-state index contributed by atoms with van der Waals surface area (Å²) >= 11 is 3.26. The lowest BCUT2D eigenvalue weighted by Crippen LogP contribution is -2.16. The van der Waals surface area contributed by atoms with Crippen LogP contribution in [0, 0.1) is 6.92 Å². The second kappa shape index (κ2) is 8.14. The molecule has 0 bridgehead atoms. The zero-order valence-electron chi connectivity index (χ0n) is 14.8. The number of primary sulfonamides is 1. The van der Waals surface area contributed by atoms with E-state index < -0.39 is 15.9 Å². The van der Waals surface area contributed by atoms with Gasteiger partial charge in [-0.2, -0.15) is 0 Å². The van der Waals surface area contributed by atoms with Gasteiger partial charge in [-0.1, -0.05) is 29.8 Å². The molecule has 0 saturated heterocycles. The second-order valence-corrected chi connectivity index (χ2v) is 8.47. The number of hydrogen-bond donors (Lipinski definition) is 2. The predicted octanol–water partition coefficient (Wildman–Crippen LogP) is 4.45. The number of benzene rings is 3. The van der Waals surface area contributed by atoms with Gasteiger partial charge in [0.15, 0.2) is 5.75 Å². The van der Waals surface area contributed by atoms with Crippen molar-refractivity contribution in [2.45, 2.75) is 11.8 Å². The molecule has 0 aliphatic carbocycles. The van der Waals surface area contributed by atoms with Crippen molar-refractivity contribution in [3.63, 3.8) is 0 Å². The Morgan fingerprint density at radius 2 is 1.71 bits per heavy atom. The normalized spacial score (nSPS) is 11.1. The van der Waals surface area contributed by atoms with Crippen molar-refractivity contribution in [2.75, 3.05) is 5.32 Å². The molecule has 3 rings (SSSR count). The molecule has 0 heterocycles. The number of nitrogens with two attached hydrogens (primary N) is 1. The third kappa shape index (κ3) is 4.78. The Hall–Kier alpha value is -2.68. The highest BCUT2D eigenvalue weighted by Crippen LogP contribution is 2.30. The van der Waals surface area contributed by atoms with E-state index in [4.69, 9.17) is 9.88 Å². The van der Waals surface area contributed by atoms with Gasteiger partial charge in [-0.15, -0.1) is 0 Å². The molecule has 144 valence electrons. The Kier molecular flexibility index (Phi) is 5.83. The highest BCUT2D eigenvalue weighted by molar-refractivity contribution is 9.10. The maximum absolute atomic E-state index is 12.7. The maximum atomic E-state index is 12.7. The van der Waals surface area contributed by atoms with Crippen molar-refractivity contribution in [2.24, 2.45) is 5.14 Å². The molecule has 3 aromatic carbocycles. The zero-order valence-corrected chi connectivity index (χ0v) is 17.2. The molecule has 0 fully saturated rings. The van der Waals surface area contributed by atoms with Crippen molar-refractivity contribution >= 4 is 37.5 Å². The summed E-state index contributed by atoms with van der Waals surface area (Å²) in [5.74, 6) is 0.584. The number of nitrogens with one attached hydrogen (secondary N) is 1. The number of aryl methyl sites for hydroxylation is 1. The van der Waals surface area contributed by atoms with Crippen LogP contribution in [0.4, 0.5) is 5.69 Å². The van der Waals surface area contributed by atoms with Crippen LogP contribution in [0.15, 0.2) is 76.1 Å². The number of hydrogen-bond acceptors (Lipinski definition) is 4. The third-order valence-corrected chi connectivity index (χ3v) is 5.50. The van der Waals surface area contributed by atoms with Gasteiger partial charge in [-0.05, 0) is 65.3 Å². The second-order valence-electron chi connectivity index (χ2n) is 6.05. The van der Waals surface area contributed by atoms with E-state index in [1.807, 2.05) is 31.2 Å². The number of sulfonamides is 1. The highest BCUT2D eigenvalue weighted by Gasteiger charge is 2.17. The fourth-order valence-electron chi connectivity index (χ4n) is 2.44. The number of para-hydroxylation sites is 2. The Morgan fingerprint density at radius 3 is 2.39 bits per heavy atom. The van der Waals surface area contributed by atoms with Gasteiger partial charge in [0.2, 0.25) is 10.0 Å². The van der Waals surface area contributed by atoms with Crippen LogP contribution in [0.25, 0.3) is 0 Å². The first-order valence-electron chi connectivity index (χ1n) is 8.21. The van der Waals surface area contributed by atoms with Crippen molar-refractivity contribution in [1.29, 1.82) is 0 Å². The summed E-state index contributed by atoms with van der Waals surface area (Å²) in [5.41, 5.74) is 1.69. The first kappa shape index (κ1) is 20.1. The standard InChI is InChI=1S/C20H17BrN2O4S/c1-13-6-8-14(9-7-13)27-19-5-3-2-4-18(19)23-20(24)16-12-15(28(22,25)26)10-11-17(16)21/h2-12H,1H3,(H,23,24)(H2,22,25,26). The van der Waals surface area contributed by atoms with Crippen molar-refractivity contribution < 1.29 is 17.9 Å². The van der Waals surface area contributed by atoms with E-state index in [1.54, 1.807) is 24.3 Å². The molecule has 0 unspecified atom stereocenters. The van der Waals surface area contributed by atoms with Gasteiger partial charge in [0.25, 0.3) is 5.91 Å². The van der Waals surface area contributed by atoms with Crippen LogP contribution in [-0.2, 0) is 10.0 Å². The summed E-state index contributed by atoms with van der Waals surface area (Å²) in [7, 11) is -3.93. The summed E-state index contributed by atoms with van der Waals surface area (Å²) in [4.78, 5) is 12.6. The molecule has 28 heavy (non-hydrogen) atoms. The van der Waals surface area contributed by atoms with E-state index >= 15 is 0 Å². The molecular formula is C20H17BrN2O4S. The smallest absolute Gasteiger partial charge is 0.256 e. The average molecular weight is 461 g/mol. The monoisotopic (exact) mass is 460 g/mol. The number of halogens is 1. The Bertz CT molecular complexity index is 1130. The molecule has 0 aliphatic heterocycles. The maximum Gasteiger partial charge on any atom is 0.256 e. The minimum Gasteiger partial charge on any atom is -0.455 e. The molecule has 1 amide bonds. The van der Waals surface area contributed by atoms with E-state index in [1.165, 1.54) is 18.2 Å². The van der Waals surface area contributed by atoms with Gasteiger partial charge < -0.3 is 10.1 Å². The Morgan fingerprint density at radius 1 is 1.04 bits per heavy atom. The topological polar surface area (TPSA) is 98.5 Å². The quantitative estimate of drug-likeness (QED) is 0.587. The zero-order chi connectivity index (χ0) is 20.3. The molecule has 8 heteroatoms. The molecule has 3 N–H and O–H groups in total. The van der Waals surface area contributed by atoms with E-state index in [-0.39, 0.29) is 10.5 Å². The summed E-state index contributed by atoms with van der Waals surface area (Å²) in [6.45, 7) is 1.98. The lowest BCUT2D eigenvalue weighted by Gasteiger charge is -2.13. The Labute approximate surface area is 171 Å². The van der Waals surface area contributed by atoms with Crippen LogP contribution >= 0.6 is 15.9 Å². The van der Waals surface area contributed by atoms with Crippen LogP contribution in [0.1, 0.15) is 15.9 Å². The minimum absolute atomic E-state index is 0.136. The van der Waals surface area contributed by atoms with E-state index in [2.05, 4.69) is 21.2 Å². The lowest BCUT2D eigenvalue weighted by atomic mass is 10.2. The number of anilines is 1. The van der Waals surface area contributed by atoms with Crippen molar-refractivity contribution in [1.82, 2.24) is 0 Å². The number of carbonyl (C=O) groups is 1. The summed E-state index contributed by atoms with van der Waals surface area (Å²) in [6, 6.07) is 18.5. The van der Waals surface area contributed by atoms with Gasteiger partial charge in [-0.25, -0.2) is 13.6 Å². The minimum atomic E-state index is -3.93. The van der Waals surface area contributed by atoms with E-state index in [0.29, 0.717) is 21.7 Å². The molecule has 0 spiro atoms. The van der Waals surface area contributed by atoms with Gasteiger partial charge >= 0.3 is 0 Å². The van der Waals surface area contributed by atoms with Gasteiger partial charge in [0.1, 0.15) is 5.75 Å². The van der Waals surface area contributed by atoms with E-state index in [9.17, 15) is 13.2 Å². The number of carbonyl (C=O) groups excluding carboxylic acids is 1. The SMILES string of the molecule is Cc1ccc(Oc2ccccc2NC(=O)c2cc(S(N)(=O)=O)ccc2Br)cc1. The van der Waals surface area contributed by atoms with Gasteiger partial charge in [-0.3, -0.25) is 4.79 Å². The fraction of sp³-hybridized carbons (Fsp3) is 0.0500.